The number of carbonyl (C=O) groups excluding carboxylic acids is 1. The van der Waals surface area contributed by atoms with Crippen molar-refractivity contribution in [2.45, 2.75) is 84.5 Å². The molecule has 0 aliphatic carbocycles. The van der Waals surface area contributed by atoms with E-state index in [1.165, 1.54) is 64.2 Å². The lowest BCUT2D eigenvalue weighted by atomic mass is 10.1. The van der Waals surface area contributed by atoms with Gasteiger partial charge >= 0.3 is 5.97 Å². The van der Waals surface area contributed by atoms with Crippen LogP contribution in [0.5, 0.6) is 0 Å². The van der Waals surface area contributed by atoms with Gasteiger partial charge in [-0.1, -0.05) is 77.7 Å². The highest BCUT2D eigenvalue weighted by molar-refractivity contribution is 5.86. The summed E-state index contributed by atoms with van der Waals surface area (Å²) in [5.74, 6) is -0.412. The van der Waals surface area contributed by atoms with E-state index in [0.29, 0.717) is 158 Å². The Balaban J connectivity index is 3.07. The summed E-state index contributed by atoms with van der Waals surface area (Å²) < 4.78 is 70.8. The number of esters is 1. The Morgan fingerprint density at radius 3 is 0.745 bits per heavy atom. The molecule has 0 aromatic rings. The fourth-order valence-electron chi connectivity index (χ4n) is 4.71. The van der Waals surface area contributed by atoms with Gasteiger partial charge in [-0.25, -0.2) is 4.79 Å². The number of hydrogen-bond donors (Lipinski definition) is 0. The first-order valence-corrected chi connectivity index (χ1v) is 20.9. The maximum Gasteiger partial charge on any atom is 0.333 e. The van der Waals surface area contributed by atoms with Gasteiger partial charge in [-0.2, -0.15) is 0 Å². The third-order valence-corrected chi connectivity index (χ3v) is 7.79. The van der Waals surface area contributed by atoms with Crippen LogP contribution < -0.4 is 0 Å². The zero-order chi connectivity index (χ0) is 39.8. The Morgan fingerprint density at radius 2 is 0.509 bits per heavy atom. The van der Waals surface area contributed by atoms with E-state index in [1.54, 1.807) is 6.92 Å². The SMILES string of the molecule is C=C(C)C(=O)OCCOCCOCCOCCOCCOCCOCCOCCOCCOCCOCCOCCOCCCCCCCCCCCCC. The molecule has 0 aliphatic rings. The molecule has 14 nitrogen and oxygen atoms in total. The Labute approximate surface area is 333 Å². The van der Waals surface area contributed by atoms with Gasteiger partial charge < -0.3 is 61.6 Å². The van der Waals surface area contributed by atoms with Gasteiger partial charge in [0.1, 0.15) is 6.61 Å². The second kappa shape index (κ2) is 48.9. The zero-order valence-corrected chi connectivity index (χ0v) is 34.9. The molecule has 328 valence electrons. The number of rotatable bonds is 49. The van der Waals surface area contributed by atoms with Gasteiger partial charge in [-0.3, -0.25) is 0 Å². The van der Waals surface area contributed by atoms with E-state index in [1.807, 2.05) is 0 Å². The Bertz CT molecular complexity index is 761. The van der Waals surface area contributed by atoms with Crippen molar-refractivity contribution < 1.29 is 66.4 Å². The molecule has 0 radical (unpaired) electrons. The van der Waals surface area contributed by atoms with Gasteiger partial charge in [0.15, 0.2) is 0 Å². The van der Waals surface area contributed by atoms with E-state index < -0.39 is 5.97 Å². The van der Waals surface area contributed by atoms with Crippen molar-refractivity contribution in [1.82, 2.24) is 0 Å². The van der Waals surface area contributed by atoms with Crippen molar-refractivity contribution in [3.63, 3.8) is 0 Å². The zero-order valence-electron chi connectivity index (χ0n) is 34.9. The largest absolute Gasteiger partial charge is 0.460 e. The predicted molar refractivity (Wildman–Crippen MR) is 212 cm³/mol. The standard InChI is InChI=1S/C41H80O14/c1-4-5-6-7-8-9-10-11-12-13-14-15-43-16-17-44-18-19-45-20-21-46-22-23-47-24-25-48-26-27-49-28-29-50-30-31-51-32-33-52-34-35-53-36-37-54-38-39-55-41(42)40(2)3/h2,4-39H2,1,3H3. The molecule has 0 atom stereocenters. The molecule has 0 saturated carbocycles. The van der Waals surface area contributed by atoms with Gasteiger partial charge in [-0.05, 0) is 13.3 Å². The fraction of sp³-hybridized carbons (Fsp3) is 0.927. The van der Waals surface area contributed by atoms with Crippen LogP contribution in [0.1, 0.15) is 84.5 Å². The second-order valence-corrected chi connectivity index (χ2v) is 12.8. The molecule has 0 spiro atoms. The maximum absolute atomic E-state index is 11.2. The molecule has 55 heavy (non-hydrogen) atoms. The molecule has 0 amide bonds. The summed E-state index contributed by atoms with van der Waals surface area (Å²) in [5.41, 5.74) is 0.371. The van der Waals surface area contributed by atoms with E-state index in [-0.39, 0.29) is 6.61 Å². The van der Waals surface area contributed by atoms with E-state index in [2.05, 4.69) is 13.5 Å². The summed E-state index contributed by atoms with van der Waals surface area (Å²) in [5, 5.41) is 0. The summed E-state index contributed by atoms with van der Waals surface area (Å²) in [6.07, 6.45) is 14.8. The number of carbonyl (C=O) groups is 1. The van der Waals surface area contributed by atoms with E-state index in [4.69, 9.17) is 61.6 Å². The van der Waals surface area contributed by atoms with E-state index in [9.17, 15) is 4.79 Å². The fourth-order valence-corrected chi connectivity index (χ4v) is 4.71. The first-order chi connectivity index (χ1) is 27.2. The molecule has 14 heteroatoms. The van der Waals surface area contributed by atoms with Crippen LogP contribution in [0.4, 0.5) is 0 Å². The summed E-state index contributed by atoms with van der Waals surface area (Å²) in [6, 6.07) is 0. The molecule has 0 heterocycles. The molecule has 0 saturated heterocycles. The predicted octanol–water partition coefficient (Wildman–Crippen LogP) is 5.62. The third kappa shape index (κ3) is 48.8. The van der Waals surface area contributed by atoms with E-state index >= 15 is 0 Å². The van der Waals surface area contributed by atoms with Crippen molar-refractivity contribution in [2.75, 3.05) is 165 Å². The van der Waals surface area contributed by atoms with Crippen LogP contribution in [0, 0.1) is 0 Å². The highest BCUT2D eigenvalue weighted by atomic mass is 16.6. The molecule has 0 bridgehead atoms. The van der Waals surface area contributed by atoms with Gasteiger partial charge in [0.05, 0.1) is 152 Å². The molecule has 0 aromatic carbocycles. The lowest BCUT2D eigenvalue weighted by Crippen LogP contribution is -2.16. The summed E-state index contributed by atoms with van der Waals surface area (Å²) in [4.78, 5) is 11.2. The first kappa shape index (κ1) is 53.7. The minimum Gasteiger partial charge on any atom is -0.460 e. The van der Waals surface area contributed by atoms with Crippen LogP contribution in [0.3, 0.4) is 0 Å². The van der Waals surface area contributed by atoms with Crippen LogP contribution in [0.15, 0.2) is 12.2 Å². The Morgan fingerprint density at radius 1 is 0.309 bits per heavy atom. The van der Waals surface area contributed by atoms with Crippen LogP contribution >= 0.6 is 0 Å². The van der Waals surface area contributed by atoms with Crippen LogP contribution in [-0.4, -0.2) is 171 Å². The molecular formula is C41H80O14. The molecule has 0 N–H and O–H groups in total. The third-order valence-electron chi connectivity index (χ3n) is 7.79. The monoisotopic (exact) mass is 797 g/mol. The van der Waals surface area contributed by atoms with Crippen molar-refractivity contribution in [2.24, 2.45) is 0 Å². The summed E-state index contributed by atoms with van der Waals surface area (Å²) >= 11 is 0. The quantitative estimate of drug-likeness (QED) is 0.0428. The van der Waals surface area contributed by atoms with Crippen LogP contribution in [0.2, 0.25) is 0 Å². The lowest BCUT2D eigenvalue weighted by molar-refractivity contribution is -0.140. The van der Waals surface area contributed by atoms with Crippen molar-refractivity contribution in [3.05, 3.63) is 12.2 Å². The van der Waals surface area contributed by atoms with Gasteiger partial charge in [0.2, 0.25) is 0 Å². The van der Waals surface area contributed by atoms with Crippen molar-refractivity contribution >= 4 is 5.97 Å². The smallest absolute Gasteiger partial charge is 0.333 e. The average molecular weight is 797 g/mol. The second-order valence-electron chi connectivity index (χ2n) is 12.8. The lowest BCUT2D eigenvalue weighted by Gasteiger charge is -2.09. The molecular weight excluding hydrogens is 716 g/mol. The maximum atomic E-state index is 11.2. The van der Waals surface area contributed by atoms with E-state index in [0.717, 1.165) is 13.0 Å². The highest BCUT2D eigenvalue weighted by Gasteiger charge is 2.02. The van der Waals surface area contributed by atoms with Gasteiger partial charge in [0, 0.05) is 12.2 Å². The molecule has 0 fully saturated rings. The van der Waals surface area contributed by atoms with Crippen LogP contribution in [0.25, 0.3) is 0 Å². The topological polar surface area (TPSA) is 137 Å². The number of ether oxygens (including phenoxy) is 13. The Kier molecular flexibility index (Phi) is 47.7. The normalized spacial score (nSPS) is 11.5. The number of hydrogen-bond acceptors (Lipinski definition) is 14. The molecule has 0 unspecified atom stereocenters. The highest BCUT2D eigenvalue weighted by Crippen LogP contribution is 2.11. The minimum absolute atomic E-state index is 0.199. The molecule has 0 aliphatic heterocycles. The molecule has 0 aromatic heterocycles. The first-order valence-electron chi connectivity index (χ1n) is 20.9. The molecule has 0 rings (SSSR count). The summed E-state index contributed by atoms with van der Waals surface area (Å²) in [7, 11) is 0. The number of unbranched alkanes of at least 4 members (excludes halogenated alkanes) is 10. The summed E-state index contributed by atoms with van der Waals surface area (Å²) in [6.45, 7) is 20.0. The van der Waals surface area contributed by atoms with Crippen LogP contribution in [-0.2, 0) is 66.4 Å². The Hall–Kier alpha value is -1.27. The van der Waals surface area contributed by atoms with Gasteiger partial charge in [0.25, 0.3) is 0 Å². The van der Waals surface area contributed by atoms with Crippen molar-refractivity contribution in [1.29, 1.82) is 0 Å². The average Bonchev–Trinajstić information content (AvgIpc) is 3.18. The van der Waals surface area contributed by atoms with Crippen molar-refractivity contribution in [3.8, 4) is 0 Å². The minimum atomic E-state index is -0.412. The van der Waals surface area contributed by atoms with Gasteiger partial charge in [-0.15, -0.1) is 0 Å².